The minimum atomic E-state index is -3.13. The van der Waals surface area contributed by atoms with Gasteiger partial charge in [-0.3, -0.25) is 0 Å². The molecular weight excluding hydrogens is 328 g/mol. The van der Waals surface area contributed by atoms with Crippen molar-refractivity contribution in [2.24, 2.45) is 0 Å². The first-order chi connectivity index (χ1) is 11.1. The topological polar surface area (TPSA) is 46.2 Å². The molecule has 0 amide bonds. The molecule has 0 aliphatic rings. The van der Waals surface area contributed by atoms with Crippen LogP contribution in [0.15, 0.2) is 0 Å². The quantitative estimate of drug-likeness (QED) is 0.373. The van der Waals surface area contributed by atoms with Gasteiger partial charge in [0.1, 0.15) is 0 Å². The Morgan fingerprint density at radius 1 is 0.565 bits per heavy atom. The van der Waals surface area contributed by atoms with E-state index in [1.54, 1.807) is 0 Å². The summed E-state index contributed by atoms with van der Waals surface area (Å²) in [6, 6.07) is 1.94. The summed E-state index contributed by atoms with van der Waals surface area (Å²) in [6.45, 7) is 14.5. The Labute approximate surface area is 145 Å². The van der Waals surface area contributed by atoms with Gasteiger partial charge in [0.15, 0.2) is 0 Å². The summed E-state index contributed by atoms with van der Waals surface area (Å²) in [5, 5.41) is 0. The molecule has 0 spiro atoms. The van der Waals surface area contributed by atoms with Gasteiger partial charge in [-0.1, -0.05) is 39.5 Å². The summed E-state index contributed by atoms with van der Waals surface area (Å²) >= 11 is 0. The van der Waals surface area contributed by atoms with Crippen molar-refractivity contribution in [1.29, 1.82) is 0 Å². The maximum absolute atomic E-state index is 6.58. The maximum Gasteiger partial charge on any atom is 0.670 e. The molecule has 0 aliphatic carbocycles. The lowest BCUT2D eigenvalue weighted by molar-refractivity contribution is -0.00358. The van der Waals surface area contributed by atoms with E-state index in [-0.39, 0.29) is 0 Å². The first-order valence-corrected chi connectivity index (χ1v) is 13.2. The molecule has 0 saturated carbocycles. The van der Waals surface area contributed by atoms with E-state index >= 15 is 0 Å². The molecule has 0 unspecified atom stereocenters. The molecule has 0 radical (unpaired) electrons. The van der Waals surface area contributed by atoms with Crippen molar-refractivity contribution >= 4 is 17.6 Å². The fourth-order valence-electron chi connectivity index (χ4n) is 2.53. The largest absolute Gasteiger partial charge is 0.670 e. The van der Waals surface area contributed by atoms with Gasteiger partial charge in [0.2, 0.25) is 0 Å². The number of unbranched alkanes of at least 4 members (excludes halogenated alkanes) is 2. The lowest BCUT2D eigenvalue weighted by Crippen LogP contribution is -2.59. The van der Waals surface area contributed by atoms with Gasteiger partial charge in [-0.2, -0.15) is 0 Å². The lowest BCUT2D eigenvalue weighted by Gasteiger charge is -2.38. The molecule has 0 bridgehead atoms. The predicted octanol–water partition coefficient (Wildman–Crippen LogP) is 4.63. The van der Waals surface area contributed by atoms with Gasteiger partial charge in [0.05, 0.1) is 0 Å². The third kappa shape index (κ3) is 8.76. The Morgan fingerprint density at radius 2 is 0.957 bits per heavy atom. The highest BCUT2D eigenvalue weighted by atomic mass is 28.5. The van der Waals surface area contributed by atoms with E-state index in [9.17, 15) is 0 Å². The van der Waals surface area contributed by atoms with Crippen LogP contribution in [-0.4, -0.2) is 44.0 Å². The van der Waals surface area contributed by atoms with E-state index in [0.29, 0.717) is 26.4 Å². The summed E-state index contributed by atoms with van der Waals surface area (Å²) in [5.41, 5.74) is 0. The second-order valence-corrected chi connectivity index (χ2v) is 11.2. The van der Waals surface area contributed by atoms with Gasteiger partial charge in [-0.25, -0.2) is 0 Å². The Balaban J connectivity index is 5.40. The number of hydrogen-bond acceptors (Lipinski definition) is 5. The minimum absolute atomic E-state index is 0.518. The van der Waals surface area contributed by atoms with Crippen LogP contribution in [-0.2, 0) is 21.8 Å². The van der Waals surface area contributed by atoms with E-state index in [0.717, 1.165) is 37.8 Å². The molecule has 0 atom stereocenters. The molecule has 5 nitrogen and oxygen atoms in total. The van der Waals surface area contributed by atoms with E-state index in [1.807, 2.05) is 27.7 Å². The van der Waals surface area contributed by atoms with Gasteiger partial charge in [0, 0.05) is 26.4 Å². The van der Waals surface area contributed by atoms with Gasteiger partial charge in [0.25, 0.3) is 0 Å². The minimum Gasteiger partial charge on any atom is -0.395 e. The molecular formula is C16H38O5Si2. The zero-order valence-electron chi connectivity index (χ0n) is 16.1. The van der Waals surface area contributed by atoms with Gasteiger partial charge in [-0.15, -0.1) is 0 Å². The highest BCUT2D eigenvalue weighted by molar-refractivity contribution is 6.76. The summed E-state index contributed by atoms with van der Waals surface area (Å²) < 4.78 is 30.5. The Hall–Kier alpha value is 0.234. The molecule has 0 saturated heterocycles. The molecule has 0 N–H and O–H groups in total. The molecule has 0 aromatic rings. The molecule has 0 fully saturated rings. The SMILES string of the molecule is CCCC[Si](CCCC)(OCC)O[Si](OCC)(OCC)OCC. The molecule has 7 heteroatoms. The van der Waals surface area contributed by atoms with E-state index in [2.05, 4.69) is 13.8 Å². The van der Waals surface area contributed by atoms with E-state index in [1.165, 1.54) is 0 Å². The van der Waals surface area contributed by atoms with Crippen molar-refractivity contribution in [3.05, 3.63) is 0 Å². The van der Waals surface area contributed by atoms with E-state index < -0.39 is 17.6 Å². The van der Waals surface area contributed by atoms with Gasteiger partial charge >= 0.3 is 17.6 Å². The normalized spacial score (nSPS) is 12.8. The molecule has 0 aliphatic heterocycles. The Morgan fingerprint density at radius 3 is 1.26 bits per heavy atom. The maximum atomic E-state index is 6.58. The zero-order chi connectivity index (χ0) is 17.6. The number of hydrogen-bond donors (Lipinski definition) is 0. The summed E-state index contributed by atoms with van der Waals surface area (Å²) in [7, 11) is -5.53. The standard InChI is InChI=1S/C16H38O5Si2/c1-7-13-15-22(17-9-3,16-14-8-2)21-23(18-10-4,19-11-5)20-12-6/h7-16H2,1-6H3. The Bertz CT molecular complexity index is 254. The molecule has 0 heterocycles. The highest BCUT2D eigenvalue weighted by Crippen LogP contribution is 2.30. The van der Waals surface area contributed by atoms with Gasteiger partial charge < -0.3 is 21.8 Å². The van der Waals surface area contributed by atoms with Crippen molar-refractivity contribution < 1.29 is 21.8 Å². The van der Waals surface area contributed by atoms with Crippen molar-refractivity contribution in [1.82, 2.24) is 0 Å². The third-order valence-corrected chi connectivity index (χ3v) is 11.0. The van der Waals surface area contributed by atoms with Crippen LogP contribution in [0.3, 0.4) is 0 Å². The smallest absolute Gasteiger partial charge is 0.395 e. The first-order valence-electron chi connectivity index (χ1n) is 9.33. The second kappa shape index (κ2) is 13.5. The highest BCUT2D eigenvalue weighted by Gasteiger charge is 2.53. The van der Waals surface area contributed by atoms with Crippen LogP contribution in [0.4, 0.5) is 0 Å². The summed E-state index contributed by atoms with van der Waals surface area (Å²) in [6.07, 6.45) is 4.46. The predicted molar refractivity (Wildman–Crippen MR) is 98.5 cm³/mol. The average Bonchev–Trinajstić information content (AvgIpc) is 2.52. The van der Waals surface area contributed by atoms with Crippen molar-refractivity contribution in [3.63, 3.8) is 0 Å². The van der Waals surface area contributed by atoms with Crippen LogP contribution in [0.2, 0.25) is 12.1 Å². The van der Waals surface area contributed by atoms with Crippen LogP contribution >= 0.6 is 0 Å². The van der Waals surface area contributed by atoms with Crippen molar-refractivity contribution in [3.8, 4) is 0 Å². The Kier molecular flexibility index (Phi) is 13.7. The number of rotatable bonds is 16. The second-order valence-electron chi connectivity index (χ2n) is 5.45. The molecule has 23 heavy (non-hydrogen) atoms. The monoisotopic (exact) mass is 366 g/mol. The summed E-state index contributed by atoms with van der Waals surface area (Å²) in [5.74, 6) is 0. The fraction of sp³-hybridized carbons (Fsp3) is 1.00. The van der Waals surface area contributed by atoms with Crippen LogP contribution in [0.5, 0.6) is 0 Å². The van der Waals surface area contributed by atoms with Crippen LogP contribution in [0.1, 0.15) is 67.2 Å². The van der Waals surface area contributed by atoms with Gasteiger partial charge in [-0.05, 0) is 39.8 Å². The average molecular weight is 367 g/mol. The third-order valence-electron chi connectivity index (χ3n) is 3.50. The zero-order valence-corrected chi connectivity index (χ0v) is 18.1. The molecule has 0 aromatic heterocycles. The van der Waals surface area contributed by atoms with E-state index in [4.69, 9.17) is 21.8 Å². The van der Waals surface area contributed by atoms with Crippen LogP contribution < -0.4 is 0 Å². The van der Waals surface area contributed by atoms with Crippen molar-refractivity contribution in [2.45, 2.75) is 79.3 Å². The van der Waals surface area contributed by atoms with Crippen LogP contribution in [0.25, 0.3) is 0 Å². The van der Waals surface area contributed by atoms with Crippen LogP contribution in [0, 0.1) is 0 Å². The first kappa shape index (κ1) is 23.2. The fourth-order valence-corrected chi connectivity index (χ4v) is 10.3. The molecule has 0 rings (SSSR count). The van der Waals surface area contributed by atoms with Crippen molar-refractivity contribution in [2.75, 3.05) is 26.4 Å². The molecule has 140 valence electrons. The summed E-state index contributed by atoms with van der Waals surface area (Å²) in [4.78, 5) is 0. The lowest BCUT2D eigenvalue weighted by atomic mass is 10.4. The molecule has 0 aromatic carbocycles.